The Kier molecular flexibility index (Phi) is 5.76. The third-order valence-electron chi connectivity index (χ3n) is 4.31. The molecule has 1 aliphatic rings. The summed E-state index contributed by atoms with van der Waals surface area (Å²) in [7, 11) is 0. The summed E-state index contributed by atoms with van der Waals surface area (Å²) in [4.78, 5) is 18.7. The maximum absolute atomic E-state index is 12.7. The number of carbonyl (C=O) groups is 1. The van der Waals surface area contributed by atoms with Gasteiger partial charge < -0.3 is 10.2 Å². The van der Waals surface area contributed by atoms with Crippen LogP contribution in [0, 0.1) is 5.92 Å². The molecule has 3 aromatic heterocycles. The van der Waals surface area contributed by atoms with Crippen molar-refractivity contribution in [1.29, 1.82) is 0 Å². The highest BCUT2D eigenvalue weighted by Crippen LogP contribution is 2.27. The molecule has 4 rings (SSSR count). The van der Waals surface area contributed by atoms with Crippen LogP contribution in [-0.2, 0) is 4.79 Å². The predicted octanol–water partition coefficient (Wildman–Crippen LogP) is 1.88. The average Bonchev–Trinajstić information content (AvgIpc) is 3.41. The highest BCUT2D eigenvalue weighted by molar-refractivity contribution is 8.01. The molecular weight excluding hydrogens is 398 g/mol. The maximum Gasteiger partial charge on any atom is 0.231 e. The molecular formula is C16H19N9OS2. The van der Waals surface area contributed by atoms with E-state index in [0.717, 1.165) is 35.3 Å². The van der Waals surface area contributed by atoms with Gasteiger partial charge in [-0.15, -0.1) is 20.4 Å². The fraction of sp³-hybridized carbons (Fsp3) is 0.438. The van der Waals surface area contributed by atoms with Gasteiger partial charge in [-0.25, -0.2) is 9.67 Å². The minimum atomic E-state index is -0.128. The van der Waals surface area contributed by atoms with Gasteiger partial charge in [-0.1, -0.05) is 30.0 Å². The minimum absolute atomic E-state index is 0.0268. The molecule has 0 radical (unpaired) electrons. The number of anilines is 2. The Bertz CT molecular complexity index is 913. The number of nitrogens with zero attached hydrogens (tertiary/aromatic N) is 8. The summed E-state index contributed by atoms with van der Waals surface area (Å²) >= 11 is 3.02. The van der Waals surface area contributed by atoms with E-state index in [1.54, 1.807) is 22.8 Å². The molecule has 146 valence electrons. The van der Waals surface area contributed by atoms with Crippen molar-refractivity contribution >= 4 is 40.0 Å². The number of thioether (sulfide) groups is 1. The highest BCUT2D eigenvalue weighted by atomic mass is 32.2. The molecule has 1 fully saturated rings. The number of piperidine rings is 1. The molecule has 1 amide bonds. The van der Waals surface area contributed by atoms with Crippen LogP contribution in [0.1, 0.15) is 19.8 Å². The molecule has 1 saturated heterocycles. The molecule has 1 atom stereocenters. The third kappa shape index (κ3) is 4.28. The number of amides is 1. The lowest BCUT2D eigenvalue weighted by Crippen LogP contribution is -2.41. The summed E-state index contributed by atoms with van der Waals surface area (Å²) in [5, 5.41) is 24.1. The summed E-state index contributed by atoms with van der Waals surface area (Å²) < 4.78 is 2.42. The van der Waals surface area contributed by atoms with Crippen molar-refractivity contribution in [3.05, 3.63) is 24.8 Å². The largest absolute Gasteiger partial charge is 0.354 e. The lowest BCUT2D eigenvalue weighted by molar-refractivity contribution is -0.120. The fourth-order valence-corrected chi connectivity index (χ4v) is 4.64. The van der Waals surface area contributed by atoms with Crippen LogP contribution in [0.2, 0.25) is 0 Å². The summed E-state index contributed by atoms with van der Waals surface area (Å²) in [5.41, 5.74) is 0. The summed E-state index contributed by atoms with van der Waals surface area (Å²) in [6, 6.07) is 3.73. The first-order valence-corrected chi connectivity index (χ1v) is 10.7. The van der Waals surface area contributed by atoms with Crippen LogP contribution in [0.5, 0.6) is 0 Å². The molecule has 0 unspecified atom stereocenters. The topological polar surface area (TPSA) is 115 Å². The first-order valence-electron chi connectivity index (χ1n) is 8.94. The van der Waals surface area contributed by atoms with Crippen molar-refractivity contribution < 1.29 is 4.79 Å². The SMILES string of the molecule is CCSc1nnc(NC(=O)[C@H]2CCCN(c3ccc(-n4cncn4)nn3)C2)s1. The first-order chi connectivity index (χ1) is 13.7. The smallest absolute Gasteiger partial charge is 0.231 e. The Morgan fingerprint density at radius 1 is 1.29 bits per heavy atom. The van der Waals surface area contributed by atoms with Crippen molar-refractivity contribution in [3.8, 4) is 5.82 Å². The number of hydrogen-bond acceptors (Lipinski definition) is 10. The Balaban J connectivity index is 1.38. The van der Waals surface area contributed by atoms with Gasteiger partial charge in [-0.2, -0.15) is 5.10 Å². The molecule has 3 aromatic rings. The highest BCUT2D eigenvalue weighted by Gasteiger charge is 2.27. The van der Waals surface area contributed by atoms with Crippen molar-refractivity contribution in [3.63, 3.8) is 0 Å². The molecule has 1 N–H and O–H groups in total. The van der Waals surface area contributed by atoms with Crippen LogP contribution in [0.15, 0.2) is 29.1 Å². The van der Waals surface area contributed by atoms with E-state index in [9.17, 15) is 4.79 Å². The third-order valence-corrected chi connectivity index (χ3v) is 6.16. The number of carbonyl (C=O) groups excluding carboxylic acids is 1. The molecule has 28 heavy (non-hydrogen) atoms. The van der Waals surface area contributed by atoms with Gasteiger partial charge in [-0.3, -0.25) is 4.79 Å². The zero-order valence-electron chi connectivity index (χ0n) is 15.2. The van der Waals surface area contributed by atoms with Gasteiger partial charge in [0.15, 0.2) is 16.0 Å². The lowest BCUT2D eigenvalue weighted by atomic mass is 9.97. The van der Waals surface area contributed by atoms with Gasteiger partial charge in [0.2, 0.25) is 11.0 Å². The maximum atomic E-state index is 12.7. The van der Waals surface area contributed by atoms with Gasteiger partial charge in [-0.05, 0) is 30.7 Å². The number of aromatic nitrogens is 7. The lowest BCUT2D eigenvalue weighted by Gasteiger charge is -2.32. The summed E-state index contributed by atoms with van der Waals surface area (Å²) in [6.07, 6.45) is 4.77. The Hall–Kier alpha value is -2.60. The summed E-state index contributed by atoms with van der Waals surface area (Å²) in [5.74, 6) is 2.12. The van der Waals surface area contributed by atoms with Crippen LogP contribution in [0.4, 0.5) is 10.9 Å². The standard InChI is InChI=1S/C16H19N9OS2/c1-2-27-16-23-22-15(28-16)19-14(26)11-4-3-7-24(8-11)12-5-6-13(21-20-12)25-10-17-9-18-25/h5-6,9-11H,2-4,7-8H2,1H3,(H,19,22,26)/t11-/m0/s1. The van der Waals surface area contributed by atoms with Crippen LogP contribution < -0.4 is 10.2 Å². The molecule has 4 heterocycles. The van der Waals surface area contributed by atoms with Crippen molar-refractivity contribution in [2.45, 2.75) is 24.1 Å². The zero-order valence-corrected chi connectivity index (χ0v) is 16.9. The Labute approximate surface area is 169 Å². The van der Waals surface area contributed by atoms with Crippen molar-refractivity contribution in [2.75, 3.05) is 29.1 Å². The molecule has 1 aliphatic heterocycles. The van der Waals surface area contributed by atoms with E-state index >= 15 is 0 Å². The van der Waals surface area contributed by atoms with Gasteiger partial charge in [0.1, 0.15) is 12.7 Å². The second-order valence-electron chi connectivity index (χ2n) is 6.17. The zero-order chi connectivity index (χ0) is 19.3. The molecule has 0 aliphatic carbocycles. The minimum Gasteiger partial charge on any atom is -0.354 e. The van der Waals surface area contributed by atoms with Crippen LogP contribution in [0.3, 0.4) is 0 Å². The van der Waals surface area contributed by atoms with Gasteiger partial charge in [0, 0.05) is 13.1 Å². The molecule has 0 bridgehead atoms. The molecule has 0 aromatic carbocycles. The average molecular weight is 418 g/mol. The molecule has 10 nitrogen and oxygen atoms in total. The van der Waals surface area contributed by atoms with Crippen molar-refractivity contribution in [1.82, 2.24) is 35.2 Å². The van der Waals surface area contributed by atoms with Gasteiger partial charge in [0.05, 0.1) is 5.92 Å². The molecule has 12 heteroatoms. The molecule has 0 saturated carbocycles. The van der Waals surface area contributed by atoms with Gasteiger partial charge in [0.25, 0.3) is 0 Å². The number of nitrogens with one attached hydrogen (secondary N) is 1. The number of hydrogen-bond donors (Lipinski definition) is 1. The van der Waals surface area contributed by atoms with E-state index < -0.39 is 0 Å². The Morgan fingerprint density at radius 3 is 2.89 bits per heavy atom. The normalized spacial score (nSPS) is 16.9. The van der Waals surface area contributed by atoms with Crippen LogP contribution in [-0.4, -0.2) is 59.9 Å². The quantitative estimate of drug-likeness (QED) is 0.474. The van der Waals surface area contributed by atoms with E-state index in [-0.39, 0.29) is 11.8 Å². The fourth-order valence-electron chi connectivity index (χ4n) is 2.98. The second-order valence-corrected chi connectivity index (χ2v) is 8.66. The predicted molar refractivity (Wildman–Crippen MR) is 107 cm³/mol. The van der Waals surface area contributed by atoms with E-state index in [0.29, 0.717) is 17.5 Å². The number of rotatable bonds is 6. The molecule has 0 spiro atoms. The second kappa shape index (κ2) is 8.61. The van der Waals surface area contributed by atoms with Crippen LogP contribution >= 0.6 is 23.1 Å². The van der Waals surface area contributed by atoms with E-state index in [2.05, 4.69) is 47.6 Å². The van der Waals surface area contributed by atoms with E-state index in [1.165, 1.54) is 17.7 Å². The van der Waals surface area contributed by atoms with Gasteiger partial charge >= 0.3 is 0 Å². The first kappa shape index (κ1) is 18.7. The summed E-state index contributed by atoms with van der Waals surface area (Å²) in [6.45, 7) is 3.50. The monoisotopic (exact) mass is 417 g/mol. The van der Waals surface area contributed by atoms with E-state index in [4.69, 9.17) is 0 Å². The Morgan fingerprint density at radius 2 is 2.14 bits per heavy atom. The van der Waals surface area contributed by atoms with Crippen molar-refractivity contribution in [2.24, 2.45) is 5.92 Å². The van der Waals surface area contributed by atoms with E-state index in [1.807, 2.05) is 12.1 Å². The van der Waals surface area contributed by atoms with Crippen LogP contribution in [0.25, 0.3) is 5.82 Å².